The Hall–Kier alpha value is -0.960. The van der Waals surface area contributed by atoms with E-state index in [0.29, 0.717) is 0 Å². The SMILES string of the molecule is CCCc1csc2c1NC=CN2. The van der Waals surface area contributed by atoms with Gasteiger partial charge in [0, 0.05) is 12.4 Å². The third kappa shape index (κ3) is 1.20. The number of nitrogens with one attached hydrogen (secondary N) is 2. The largest absolute Gasteiger partial charge is 0.358 e. The van der Waals surface area contributed by atoms with Gasteiger partial charge in [0.15, 0.2) is 0 Å². The summed E-state index contributed by atoms with van der Waals surface area (Å²) in [4.78, 5) is 0. The van der Waals surface area contributed by atoms with E-state index in [2.05, 4.69) is 22.9 Å². The van der Waals surface area contributed by atoms with Crippen LogP contribution in [0.15, 0.2) is 17.8 Å². The van der Waals surface area contributed by atoms with Gasteiger partial charge in [-0.25, -0.2) is 0 Å². The average molecular weight is 180 g/mol. The highest BCUT2D eigenvalue weighted by Gasteiger charge is 2.10. The summed E-state index contributed by atoms with van der Waals surface area (Å²) in [5.74, 6) is 0. The molecule has 12 heavy (non-hydrogen) atoms. The quantitative estimate of drug-likeness (QED) is 0.731. The Morgan fingerprint density at radius 3 is 3.00 bits per heavy atom. The molecular weight excluding hydrogens is 168 g/mol. The van der Waals surface area contributed by atoms with Gasteiger partial charge in [0.1, 0.15) is 5.00 Å². The van der Waals surface area contributed by atoms with E-state index in [4.69, 9.17) is 0 Å². The molecule has 0 saturated carbocycles. The van der Waals surface area contributed by atoms with Crippen molar-refractivity contribution >= 4 is 22.0 Å². The third-order valence-electron chi connectivity index (χ3n) is 1.91. The van der Waals surface area contributed by atoms with Crippen molar-refractivity contribution in [3.63, 3.8) is 0 Å². The Morgan fingerprint density at radius 2 is 2.17 bits per heavy atom. The van der Waals surface area contributed by atoms with E-state index in [1.165, 1.54) is 22.7 Å². The fraction of sp³-hybridized carbons (Fsp3) is 0.333. The van der Waals surface area contributed by atoms with Crippen LogP contribution in [-0.4, -0.2) is 0 Å². The minimum absolute atomic E-state index is 1.16. The van der Waals surface area contributed by atoms with E-state index in [9.17, 15) is 0 Å². The second-order valence-electron chi connectivity index (χ2n) is 2.84. The molecule has 1 aliphatic rings. The first-order chi connectivity index (χ1) is 5.92. The summed E-state index contributed by atoms with van der Waals surface area (Å²) in [5, 5.41) is 9.94. The van der Waals surface area contributed by atoms with E-state index in [-0.39, 0.29) is 0 Å². The Morgan fingerprint density at radius 1 is 1.33 bits per heavy atom. The van der Waals surface area contributed by atoms with Crippen molar-refractivity contribution in [2.24, 2.45) is 0 Å². The Labute approximate surface area is 76.3 Å². The van der Waals surface area contributed by atoms with Gasteiger partial charge >= 0.3 is 0 Å². The molecule has 2 heterocycles. The van der Waals surface area contributed by atoms with Crippen LogP contribution in [0.4, 0.5) is 10.7 Å². The zero-order valence-electron chi connectivity index (χ0n) is 7.05. The molecule has 0 radical (unpaired) electrons. The molecular formula is C9H12N2S. The van der Waals surface area contributed by atoms with Crippen molar-refractivity contribution in [2.75, 3.05) is 10.6 Å². The first-order valence-corrected chi connectivity index (χ1v) is 5.08. The Balaban J connectivity index is 2.29. The smallest absolute Gasteiger partial charge is 0.117 e. The minimum atomic E-state index is 1.16. The van der Waals surface area contributed by atoms with Crippen molar-refractivity contribution < 1.29 is 0 Å². The molecule has 2 nitrogen and oxygen atoms in total. The molecule has 2 rings (SSSR count). The Kier molecular flexibility index (Phi) is 2.04. The average Bonchev–Trinajstić information content (AvgIpc) is 2.50. The molecule has 64 valence electrons. The van der Waals surface area contributed by atoms with Gasteiger partial charge < -0.3 is 10.6 Å². The summed E-state index contributed by atoms with van der Waals surface area (Å²) in [5.41, 5.74) is 2.69. The lowest BCUT2D eigenvalue weighted by atomic mass is 10.1. The molecule has 1 aliphatic heterocycles. The molecule has 0 bridgehead atoms. The van der Waals surface area contributed by atoms with Gasteiger partial charge in [0.05, 0.1) is 5.69 Å². The van der Waals surface area contributed by atoms with Gasteiger partial charge in [-0.05, 0) is 17.4 Å². The minimum Gasteiger partial charge on any atom is -0.358 e. The highest BCUT2D eigenvalue weighted by Crippen LogP contribution is 2.35. The number of hydrogen-bond acceptors (Lipinski definition) is 3. The number of rotatable bonds is 2. The molecule has 0 aliphatic carbocycles. The predicted octanol–water partition coefficient (Wildman–Crippen LogP) is 3.01. The van der Waals surface area contributed by atoms with Crippen molar-refractivity contribution in [2.45, 2.75) is 19.8 Å². The normalized spacial score (nSPS) is 13.4. The molecule has 1 aromatic rings. The van der Waals surface area contributed by atoms with Crippen LogP contribution in [0.3, 0.4) is 0 Å². The second kappa shape index (κ2) is 3.19. The molecule has 0 unspecified atom stereocenters. The van der Waals surface area contributed by atoms with Gasteiger partial charge in [0.2, 0.25) is 0 Å². The molecule has 0 saturated heterocycles. The molecule has 2 N–H and O–H groups in total. The standard InChI is InChI=1S/C9H12N2S/c1-2-3-7-6-12-9-8(7)10-4-5-11-9/h4-6,10-11H,2-3H2,1H3. The highest BCUT2D eigenvalue weighted by atomic mass is 32.1. The number of hydrogen-bond donors (Lipinski definition) is 2. The fourth-order valence-corrected chi connectivity index (χ4v) is 2.29. The van der Waals surface area contributed by atoms with E-state index < -0.39 is 0 Å². The molecule has 0 spiro atoms. The lowest BCUT2D eigenvalue weighted by Crippen LogP contribution is -2.00. The lowest BCUT2D eigenvalue weighted by Gasteiger charge is -2.10. The molecule has 3 heteroatoms. The topological polar surface area (TPSA) is 24.1 Å². The molecule has 0 amide bonds. The van der Waals surface area contributed by atoms with Crippen molar-refractivity contribution in [3.05, 3.63) is 23.3 Å². The van der Waals surface area contributed by atoms with Gasteiger partial charge in [-0.3, -0.25) is 0 Å². The number of anilines is 2. The maximum atomic E-state index is 3.26. The summed E-state index contributed by atoms with van der Waals surface area (Å²) >= 11 is 1.77. The van der Waals surface area contributed by atoms with Crippen molar-refractivity contribution in [3.8, 4) is 0 Å². The fourth-order valence-electron chi connectivity index (χ4n) is 1.35. The predicted molar refractivity (Wildman–Crippen MR) is 54.7 cm³/mol. The monoisotopic (exact) mass is 180 g/mol. The summed E-state index contributed by atoms with van der Waals surface area (Å²) in [6, 6.07) is 0. The van der Waals surface area contributed by atoms with Gasteiger partial charge in [0.25, 0.3) is 0 Å². The van der Waals surface area contributed by atoms with Crippen LogP contribution in [0.5, 0.6) is 0 Å². The maximum Gasteiger partial charge on any atom is 0.117 e. The summed E-state index contributed by atoms with van der Waals surface area (Å²) in [6.07, 6.45) is 6.23. The number of thiophene rings is 1. The van der Waals surface area contributed by atoms with Crippen LogP contribution in [0, 0.1) is 0 Å². The van der Waals surface area contributed by atoms with Gasteiger partial charge in [-0.2, -0.15) is 0 Å². The van der Waals surface area contributed by atoms with Gasteiger partial charge in [-0.1, -0.05) is 13.3 Å². The summed E-state index contributed by atoms with van der Waals surface area (Å²) in [7, 11) is 0. The number of fused-ring (bicyclic) bond motifs is 1. The van der Waals surface area contributed by atoms with Crippen molar-refractivity contribution in [1.29, 1.82) is 0 Å². The maximum absolute atomic E-state index is 3.26. The lowest BCUT2D eigenvalue weighted by molar-refractivity contribution is 0.928. The Bertz CT molecular complexity index is 301. The first-order valence-electron chi connectivity index (χ1n) is 4.20. The molecule has 0 aromatic carbocycles. The summed E-state index contributed by atoms with van der Waals surface area (Å²) < 4.78 is 0. The van der Waals surface area contributed by atoms with Gasteiger partial charge in [-0.15, -0.1) is 11.3 Å². The highest BCUT2D eigenvalue weighted by molar-refractivity contribution is 7.15. The first kappa shape index (κ1) is 7.68. The van der Waals surface area contributed by atoms with Crippen LogP contribution in [0.25, 0.3) is 0 Å². The van der Waals surface area contributed by atoms with Crippen LogP contribution in [0.2, 0.25) is 0 Å². The van der Waals surface area contributed by atoms with Crippen LogP contribution >= 0.6 is 11.3 Å². The zero-order valence-corrected chi connectivity index (χ0v) is 7.87. The van der Waals surface area contributed by atoms with E-state index in [0.717, 1.165) is 6.42 Å². The zero-order chi connectivity index (χ0) is 8.39. The molecule has 0 fully saturated rings. The van der Waals surface area contributed by atoms with E-state index in [1.54, 1.807) is 11.3 Å². The van der Waals surface area contributed by atoms with E-state index in [1.807, 2.05) is 12.4 Å². The third-order valence-corrected chi connectivity index (χ3v) is 2.87. The van der Waals surface area contributed by atoms with Crippen LogP contribution < -0.4 is 10.6 Å². The molecule has 1 aromatic heterocycles. The van der Waals surface area contributed by atoms with E-state index >= 15 is 0 Å². The summed E-state index contributed by atoms with van der Waals surface area (Å²) in [6.45, 7) is 2.20. The van der Waals surface area contributed by atoms with Crippen LogP contribution in [0.1, 0.15) is 18.9 Å². The van der Waals surface area contributed by atoms with Crippen molar-refractivity contribution in [1.82, 2.24) is 0 Å². The number of aryl methyl sites for hydroxylation is 1. The van der Waals surface area contributed by atoms with Crippen LogP contribution in [-0.2, 0) is 6.42 Å². The second-order valence-corrected chi connectivity index (χ2v) is 3.72. The molecule has 0 atom stereocenters.